The molecule has 0 aliphatic rings. The highest BCUT2D eigenvalue weighted by molar-refractivity contribution is 5.75. The van der Waals surface area contributed by atoms with E-state index < -0.39 is 11.9 Å². The van der Waals surface area contributed by atoms with Crippen molar-refractivity contribution in [3.05, 3.63) is 59.4 Å². The first-order valence-electron chi connectivity index (χ1n) is 7.92. The molecular formula is C18H19FN4O4. The van der Waals surface area contributed by atoms with Crippen LogP contribution < -0.4 is 21.7 Å². The van der Waals surface area contributed by atoms with Gasteiger partial charge in [0.05, 0.1) is 11.4 Å². The lowest BCUT2D eigenvalue weighted by atomic mass is 10.1. The molecule has 0 atom stereocenters. The molecule has 0 bridgehead atoms. The number of anilines is 2. The van der Waals surface area contributed by atoms with Gasteiger partial charge in [0.2, 0.25) is 0 Å². The van der Waals surface area contributed by atoms with Crippen LogP contribution in [0, 0.1) is 5.82 Å². The Balaban J connectivity index is 2.15. The Morgan fingerprint density at radius 1 is 0.815 bits per heavy atom. The van der Waals surface area contributed by atoms with Crippen LogP contribution in [-0.4, -0.2) is 35.2 Å². The maximum atomic E-state index is 13.0. The minimum absolute atomic E-state index is 0.282. The van der Waals surface area contributed by atoms with E-state index in [4.69, 9.17) is 10.2 Å². The molecule has 0 saturated carbocycles. The van der Waals surface area contributed by atoms with Gasteiger partial charge < -0.3 is 21.1 Å². The van der Waals surface area contributed by atoms with Gasteiger partial charge in [-0.3, -0.25) is 9.59 Å². The minimum atomic E-state index is -1.02. The SMILES string of the molecule is O=C(O)CNNc1cc(/C=C/c2ccc(F)cc2)cc(NNCC(=O)O)c1. The summed E-state index contributed by atoms with van der Waals surface area (Å²) in [5, 5.41) is 17.4. The Kier molecular flexibility index (Phi) is 7.29. The Morgan fingerprint density at radius 2 is 1.30 bits per heavy atom. The standard InChI is InChI=1S/C18H19FN4O4/c19-14-5-3-12(4-6-14)1-2-13-7-15(22-20-10-17(24)25)9-16(8-13)23-21-11-18(26)27/h1-9,20-23H,10-11H2,(H,24,25)(H,26,27)/b2-1+. The molecule has 0 heterocycles. The number of carbonyl (C=O) groups is 2. The fourth-order valence-electron chi connectivity index (χ4n) is 2.10. The molecule has 0 amide bonds. The van der Waals surface area contributed by atoms with Crippen LogP contribution >= 0.6 is 0 Å². The number of hydrogen-bond acceptors (Lipinski definition) is 6. The molecule has 8 nitrogen and oxygen atoms in total. The Morgan fingerprint density at radius 3 is 1.78 bits per heavy atom. The molecule has 0 saturated heterocycles. The van der Waals surface area contributed by atoms with Gasteiger partial charge in [0.25, 0.3) is 0 Å². The van der Waals surface area contributed by atoms with Crippen molar-refractivity contribution in [3.8, 4) is 0 Å². The lowest BCUT2D eigenvalue weighted by Crippen LogP contribution is -2.29. The lowest BCUT2D eigenvalue weighted by molar-refractivity contribution is -0.136. The maximum Gasteiger partial charge on any atom is 0.319 e. The normalized spacial score (nSPS) is 10.7. The lowest BCUT2D eigenvalue weighted by Gasteiger charge is -2.12. The van der Waals surface area contributed by atoms with Gasteiger partial charge in [0.15, 0.2) is 0 Å². The number of carboxylic acids is 2. The van der Waals surface area contributed by atoms with Crippen LogP contribution in [0.5, 0.6) is 0 Å². The van der Waals surface area contributed by atoms with Gasteiger partial charge >= 0.3 is 11.9 Å². The number of nitrogens with one attached hydrogen (secondary N) is 4. The van der Waals surface area contributed by atoms with E-state index in [1.165, 1.54) is 12.1 Å². The fraction of sp³-hybridized carbons (Fsp3) is 0.111. The summed E-state index contributed by atoms with van der Waals surface area (Å²) in [7, 11) is 0. The predicted octanol–water partition coefficient (Wildman–Crippen LogP) is 2.00. The zero-order valence-electron chi connectivity index (χ0n) is 14.2. The number of hydrogen-bond donors (Lipinski definition) is 6. The van der Waals surface area contributed by atoms with Gasteiger partial charge in [-0.1, -0.05) is 24.3 Å². The second-order valence-electron chi connectivity index (χ2n) is 5.47. The van der Waals surface area contributed by atoms with E-state index in [-0.39, 0.29) is 18.9 Å². The van der Waals surface area contributed by atoms with Crippen molar-refractivity contribution < 1.29 is 24.2 Å². The number of rotatable bonds is 10. The summed E-state index contributed by atoms with van der Waals surface area (Å²) < 4.78 is 13.0. The molecule has 2 aromatic carbocycles. The van der Waals surface area contributed by atoms with Crippen molar-refractivity contribution >= 4 is 35.5 Å². The van der Waals surface area contributed by atoms with Crippen LogP contribution in [0.2, 0.25) is 0 Å². The third kappa shape index (κ3) is 7.55. The van der Waals surface area contributed by atoms with Gasteiger partial charge in [-0.2, -0.15) is 0 Å². The number of carboxylic acid groups (broad SMARTS) is 2. The fourth-order valence-corrected chi connectivity index (χ4v) is 2.10. The van der Waals surface area contributed by atoms with Crippen molar-refractivity contribution in [2.75, 3.05) is 23.9 Å². The van der Waals surface area contributed by atoms with Gasteiger partial charge in [-0.25, -0.2) is 15.2 Å². The second kappa shape index (κ2) is 9.90. The van der Waals surface area contributed by atoms with Crippen LogP contribution in [0.4, 0.5) is 15.8 Å². The van der Waals surface area contributed by atoms with E-state index in [0.717, 1.165) is 11.1 Å². The molecule has 2 rings (SSSR count). The zero-order chi connectivity index (χ0) is 19.6. The largest absolute Gasteiger partial charge is 0.480 e. The monoisotopic (exact) mass is 374 g/mol. The molecule has 0 fully saturated rings. The third-order valence-electron chi connectivity index (χ3n) is 3.24. The molecule has 0 aliphatic heterocycles. The van der Waals surface area contributed by atoms with Gasteiger partial charge in [-0.05, 0) is 41.5 Å². The summed E-state index contributed by atoms with van der Waals surface area (Å²) in [5.74, 6) is -2.36. The van der Waals surface area contributed by atoms with E-state index in [9.17, 15) is 14.0 Å². The molecule has 0 spiro atoms. The summed E-state index contributed by atoms with van der Waals surface area (Å²) in [4.78, 5) is 21.2. The Hall–Kier alpha value is -3.43. The van der Waals surface area contributed by atoms with Gasteiger partial charge in [0, 0.05) is 0 Å². The number of benzene rings is 2. The third-order valence-corrected chi connectivity index (χ3v) is 3.24. The zero-order valence-corrected chi connectivity index (χ0v) is 14.2. The van der Waals surface area contributed by atoms with Crippen molar-refractivity contribution in [3.63, 3.8) is 0 Å². The molecule has 9 heteroatoms. The summed E-state index contributed by atoms with van der Waals surface area (Å²) in [6, 6.07) is 11.2. The minimum Gasteiger partial charge on any atom is -0.480 e. The van der Waals surface area contributed by atoms with Crippen molar-refractivity contribution in [1.29, 1.82) is 0 Å². The molecule has 2 aromatic rings. The van der Waals surface area contributed by atoms with E-state index in [1.54, 1.807) is 42.5 Å². The van der Waals surface area contributed by atoms with Crippen molar-refractivity contribution in [1.82, 2.24) is 10.9 Å². The van der Waals surface area contributed by atoms with Crippen LogP contribution in [-0.2, 0) is 9.59 Å². The first-order chi connectivity index (χ1) is 12.9. The summed E-state index contributed by atoms with van der Waals surface area (Å²) >= 11 is 0. The average molecular weight is 374 g/mol. The highest BCUT2D eigenvalue weighted by Gasteiger charge is 2.02. The van der Waals surface area contributed by atoms with Gasteiger partial charge in [-0.15, -0.1) is 0 Å². The van der Waals surface area contributed by atoms with Crippen LogP contribution in [0.15, 0.2) is 42.5 Å². The van der Waals surface area contributed by atoms with Crippen LogP contribution in [0.25, 0.3) is 12.2 Å². The molecule has 0 radical (unpaired) electrons. The van der Waals surface area contributed by atoms with E-state index >= 15 is 0 Å². The number of halogens is 1. The van der Waals surface area contributed by atoms with Gasteiger partial charge in [0.1, 0.15) is 18.9 Å². The van der Waals surface area contributed by atoms with E-state index in [2.05, 4.69) is 21.7 Å². The van der Waals surface area contributed by atoms with E-state index in [1.807, 2.05) is 0 Å². The molecule has 6 N–H and O–H groups in total. The first kappa shape index (κ1) is 19.9. The molecule has 0 unspecified atom stereocenters. The Bertz CT molecular complexity index is 786. The smallest absolute Gasteiger partial charge is 0.319 e. The molecule has 27 heavy (non-hydrogen) atoms. The topological polar surface area (TPSA) is 123 Å². The highest BCUT2D eigenvalue weighted by atomic mass is 19.1. The highest BCUT2D eigenvalue weighted by Crippen LogP contribution is 2.20. The quantitative estimate of drug-likeness (QED) is 0.276. The maximum absolute atomic E-state index is 13.0. The number of aliphatic carboxylic acids is 2. The predicted molar refractivity (Wildman–Crippen MR) is 100 cm³/mol. The molecular weight excluding hydrogens is 355 g/mol. The second-order valence-corrected chi connectivity index (χ2v) is 5.47. The molecule has 0 aliphatic carbocycles. The van der Waals surface area contributed by atoms with Crippen molar-refractivity contribution in [2.45, 2.75) is 0 Å². The van der Waals surface area contributed by atoms with Crippen LogP contribution in [0.1, 0.15) is 11.1 Å². The Labute approximate surface area is 154 Å². The molecule has 142 valence electrons. The summed E-state index contributed by atoms with van der Waals surface area (Å²) in [6.07, 6.45) is 3.58. The van der Waals surface area contributed by atoms with Crippen LogP contribution in [0.3, 0.4) is 0 Å². The van der Waals surface area contributed by atoms with Crippen molar-refractivity contribution in [2.24, 2.45) is 0 Å². The van der Waals surface area contributed by atoms with E-state index in [0.29, 0.717) is 11.4 Å². The number of hydrazine groups is 2. The summed E-state index contributed by atoms with van der Waals surface area (Å²) in [5.41, 5.74) is 13.3. The average Bonchev–Trinajstić information content (AvgIpc) is 2.60. The first-order valence-corrected chi connectivity index (χ1v) is 7.92. The molecule has 0 aromatic heterocycles. The summed E-state index contributed by atoms with van der Waals surface area (Å²) in [6.45, 7) is -0.564.